The number of nitro groups is 1. The number of esters is 1. The number of hydrogen-bond donors (Lipinski definition) is 0. The van der Waals surface area contributed by atoms with Gasteiger partial charge in [-0.05, 0) is 30.7 Å². The van der Waals surface area contributed by atoms with Gasteiger partial charge in [0.25, 0.3) is 5.69 Å². The Morgan fingerprint density at radius 3 is 2.76 bits per heavy atom. The summed E-state index contributed by atoms with van der Waals surface area (Å²) in [6.45, 7) is 1.77. The third-order valence-electron chi connectivity index (χ3n) is 4.73. The van der Waals surface area contributed by atoms with Crippen LogP contribution in [0.4, 0.5) is 11.4 Å². The molecule has 0 spiro atoms. The molecule has 0 unspecified atom stereocenters. The van der Waals surface area contributed by atoms with E-state index >= 15 is 0 Å². The molecular formula is C20H19ClN2O6. The fourth-order valence-corrected chi connectivity index (χ4v) is 3.37. The quantitative estimate of drug-likeness (QED) is 0.400. The van der Waals surface area contributed by atoms with Gasteiger partial charge in [0.15, 0.2) is 0 Å². The van der Waals surface area contributed by atoms with Crippen molar-refractivity contribution in [2.24, 2.45) is 5.92 Å². The van der Waals surface area contributed by atoms with E-state index in [0.29, 0.717) is 22.0 Å². The number of carbonyl (C=O) groups excluding carboxylic acids is 2. The van der Waals surface area contributed by atoms with Crippen molar-refractivity contribution in [2.45, 2.75) is 19.4 Å². The average molecular weight is 419 g/mol. The minimum Gasteiger partial charge on any atom is -0.495 e. The largest absolute Gasteiger partial charge is 0.495 e. The van der Waals surface area contributed by atoms with Gasteiger partial charge in [0.2, 0.25) is 5.91 Å². The molecule has 152 valence electrons. The summed E-state index contributed by atoms with van der Waals surface area (Å²) in [6.07, 6.45) is -0.692. The van der Waals surface area contributed by atoms with Gasteiger partial charge in [-0.1, -0.05) is 23.7 Å². The molecule has 1 amide bonds. The van der Waals surface area contributed by atoms with Gasteiger partial charge in [0.1, 0.15) is 11.9 Å². The maximum atomic E-state index is 12.6. The average Bonchev–Trinajstić information content (AvgIpc) is 3.09. The zero-order chi connectivity index (χ0) is 21.1. The van der Waals surface area contributed by atoms with Crippen LogP contribution in [0, 0.1) is 16.0 Å². The molecule has 1 heterocycles. The number of carbonyl (C=O) groups is 2. The molecule has 3 rings (SSSR count). The number of methoxy groups -OCH3 is 1. The fourth-order valence-electron chi connectivity index (χ4n) is 3.20. The maximum absolute atomic E-state index is 12.6. The van der Waals surface area contributed by atoms with Crippen LogP contribution in [0.15, 0.2) is 42.5 Å². The molecule has 0 N–H and O–H groups in total. The summed E-state index contributed by atoms with van der Waals surface area (Å²) in [6, 6.07) is 10.8. The Bertz CT molecular complexity index is 964. The maximum Gasteiger partial charge on any atom is 0.311 e. The van der Waals surface area contributed by atoms with Crippen molar-refractivity contribution >= 4 is 34.9 Å². The number of nitrogens with zero attached hydrogens (tertiary/aromatic N) is 2. The van der Waals surface area contributed by atoms with Crippen molar-refractivity contribution in [1.82, 2.24) is 0 Å². The molecule has 0 radical (unpaired) electrons. The number of benzene rings is 2. The highest BCUT2D eigenvalue weighted by Gasteiger charge is 2.38. The minimum atomic E-state index is -0.688. The van der Waals surface area contributed by atoms with E-state index in [9.17, 15) is 19.7 Å². The number of rotatable bonds is 6. The fraction of sp³-hybridized carbons (Fsp3) is 0.300. The Labute approximate surface area is 172 Å². The molecule has 2 aromatic carbocycles. The lowest BCUT2D eigenvalue weighted by Gasteiger charge is -2.20. The van der Waals surface area contributed by atoms with Gasteiger partial charge in [-0.15, -0.1) is 0 Å². The van der Waals surface area contributed by atoms with Crippen molar-refractivity contribution in [3.8, 4) is 5.75 Å². The standard InChI is InChI=1S/C20H19ClN2O6/c1-12(13-4-3-5-16(8-13)23(26)27)29-20(25)14-9-19(24)22(11-14)17-10-15(21)6-7-18(17)28-2/h3-8,10,12,14H,9,11H2,1-2H3/t12-,14-/m0/s1. The Morgan fingerprint density at radius 1 is 1.31 bits per heavy atom. The second-order valence-electron chi connectivity index (χ2n) is 6.65. The molecule has 0 bridgehead atoms. The number of halogens is 1. The predicted molar refractivity (Wildman–Crippen MR) is 106 cm³/mol. The smallest absolute Gasteiger partial charge is 0.311 e. The molecule has 2 atom stereocenters. The molecule has 29 heavy (non-hydrogen) atoms. The van der Waals surface area contributed by atoms with Crippen LogP contribution in [-0.4, -0.2) is 30.5 Å². The van der Waals surface area contributed by atoms with Gasteiger partial charge in [-0.25, -0.2) is 0 Å². The second kappa shape index (κ2) is 8.48. The Balaban J connectivity index is 1.71. The van der Waals surface area contributed by atoms with Crippen molar-refractivity contribution in [2.75, 3.05) is 18.6 Å². The monoisotopic (exact) mass is 418 g/mol. The highest BCUT2D eigenvalue weighted by molar-refractivity contribution is 6.31. The number of ether oxygens (including phenoxy) is 2. The number of hydrogen-bond acceptors (Lipinski definition) is 6. The topological polar surface area (TPSA) is 99.0 Å². The first-order chi connectivity index (χ1) is 13.8. The summed E-state index contributed by atoms with van der Waals surface area (Å²) in [7, 11) is 1.49. The predicted octanol–water partition coefficient (Wildman–Crippen LogP) is 3.91. The van der Waals surface area contributed by atoms with Crippen LogP contribution in [0.2, 0.25) is 5.02 Å². The third kappa shape index (κ3) is 4.48. The van der Waals surface area contributed by atoms with E-state index in [1.54, 1.807) is 31.2 Å². The van der Waals surface area contributed by atoms with Crippen LogP contribution in [0.25, 0.3) is 0 Å². The van der Waals surface area contributed by atoms with E-state index in [1.807, 2.05) is 0 Å². The minimum absolute atomic E-state index is 0.00381. The molecule has 2 aromatic rings. The Kier molecular flexibility index (Phi) is 6.03. The van der Waals surface area contributed by atoms with E-state index in [2.05, 4.69) is 0 Å². The molecule has 1 fully saturated rings. The number of amides is 1. The van der Waals surface area contributed by atoms with E-state index in [4.69, 9.17) is 21.1 Å². The zero-order valence-electron chi connectivity index (χ0n) is 15.8. The number of non-ortho nitro benzene ring substituents is 1. The van der Waals surface area contributed by atoms with Gasteiger partial charge in [0, 0.05) is 30.1 Å². The first kappa shape index (κ1) is 20.6. The van der Waals surface area contributed by atoms with Crippen LogP contribution in [-0.2, 0) is 14.3 Å². The highest BCUT2D eigenvalue weighted by atomic mass is 35.5. The summed E-state index contributed by atoms with van der Waals surface area (Å²) in [5, 5.41) is 11.4. The summed E-state index contributed by atoms with van der Waals surface area (Å²) >= 11 is 6.04. The molecule has 8 nitrogen and oxygen atoms in total. The highest BCUT2D eigenvalue weighted by Crippen LogP contribution is 2.36. The molecule has 1 aliphatic heterocycles. The molecular weight excluding hydrogens is 400 g/mol. The van der Waals surface area contributed by atoms with Crippen LogP contribution in [0.1, 0.15) is 25.0 Å². The number of anilines is 1. The molecule has 0 aliphatic carbocycles. The number of nitro benzene ring substituents is 1. The van der Waals surface area contributed by atoms with Gasteiger partial charge in [-0.2, -0.15) is 0 Å². The molecule has 0 aromatic heterocycles. The molecule has 1 saturated heterocycles. The normalized spacial score (nSPS) is 17.1. The second-order valence-corrected chi connectivity index (χ2v) is 7.09. The van der Waals surface area contributed by atoms with Gasteiger partial charge < -0.3 is 14.4 Å². The first-order valence-corrected chi connectivity index (χ1v) is 9.26. The zero-order valence-corrected chi connectivity index (χ0v) is 16.6. The lowest BCUT2D eigenvalue weighted by molar-refractivity contribution is -0.385. The molecule has 9 heteroatoms. The van der Waals surface area contributed by atoms with Crippen molar-refractivity contribution in [3.63, 3.8) is 0 Å². The summed E-state index contributed by atoms with van der Waals surface area (Å²) in [5.41, 5.74) is 0.915. The SMILES string of the molecule is COc1ccc(Cl)cc1N1C[C@@H](C(=O)O[C@@H](C)c2cccc([N+](=O)[O-])c2)CC1=O. The summed E-state index contributed by atoms with van der Waals surface area (Å²) in [4.78, 5) is 37.0. The van der Waals surface area contributed by atoms with Crippen LogP contribution in [0.3, 0.4) is 0 Å². The van der Waals surface area contributed by atoms with Crippen LogP contribution >= 0.6 is 11.6 Å². The third-order valence-corrected chi connectivity index (χ3v) is 4.97. The van der Waals surface area contributed by atoms with Crippen molar-refractivity contribution < 1.29 is 24.0 Å². The first-order valence-electron chi connectivity index (χ1n) is 8.89. The molecule has 0 saturated carbocycles. The Hall–Kier alpha value is -3.13. The van der Waals surface area contributed by atoms with Crippen molar-refractivity contribution in [1.29, 1.82) is 0 Å². The van der Waals surface area contributed by atoms with Crippen LogP contribution in [0.5, 0.6) is 5.75 Å². The van der Waals surface area contributed by atoms with Crippen LogP contribution < -0.4 is 9.64 Å². The van der Waals surface area contributed by atoms with E-state index in [-0.39, 0.29) is 24.6 Å². The van der Waals surface area contributed by atoms with Gasteiger partial charge in [0.05, 0.1) is 23.6 Å². The van der Waals surface area contributed by atoms with Gasteiger partial charge >= 0.3 is 5.97 Å². The molecule has 1 aliphatic rings. The lowest BCUT2D eigenvalue weighted by Crippen LogP contribution is -2.27. The Morgan fingerprint density at radius 2 is 2.07 bits per heavy atom. The van der Waals surface area contributed by atoms with E-state index < -0.39 is 22.9 Å². The van der Waals surface area contributed by atoms with Crippen molar-refractivity contribution in [3.05, 3.63) is 63.2 Å². The summed E-state index contributed by atoms with van der Waals surface area (Å²) in [5.74, 6) is -0.967. The lowest BCUT2D eigenvalue weighted by atomic mass is 10.1. The summed E-state index contributed by atoms with van der Waals surface area (Å²) < 4.78 is 10.8. The van der Waals surface area contributed by atoms with E-state index in [0.717, 1.165) is 0 Å². The van der Waals surface area contributed by atoms with E-state index in [1.165, 1.54) is 30.2 Å². The van der Waals surface area contributed by atoms with Gasteiger partial charge in [-0.3, -0.25) is 19.7 Å².